The standard InChI is InChI=1S/C7H12O3S/c1-2-11-7(6(8)9)3-4-10-5-7/h2-5H2,1H3,(H,8,9). The van der Waals surface area contributed by atoms with Crippen molar-refractivity contribution >= 4 is 17.7 Å². The lowest BCUT2D eigenvalue weighted by Gasteiger charge is -2.19. The Balaban J connectivity index is 2.62. The van der Waals surface area contributed by atoms with E-state index in [0.29, 0.717) is 19.6 Å². The zero-order valence-corrected chi connectivity index (χ0v) is 7.32. The molecule has 11 heavy (non-hydrogen) atoms. The van der Waals surface area contributed by atoms with Gasteiger partial charge in [-0.2, -0.15) is 0 Å². The van der Waals surface area contributed by atoms with E-state index in [4.69, 9.17) is 9.84 Å². The Morgan fingerprint density at radius 1 is 1.82 bits per heavy atom. The van der Waals surface area contributed by atoms with Crippen molar-refractivity contribution in [3.63, 3.8) is 0 Å². The summed E-state index contributed by atoms with van der Waals surface area (Å²) in [6, 6.07) is 0. The van der Waals surface area contributed by atoms with Gasteiger partial charge in [0.15, 0.2) is 0 Å². The van der Waals surface area contributed by atoms with Gasteiger partial charge in [-0.1, -0.05) is 6.92 Å². The Morgan fingerprint density at radius 3 is 2.91 bits per heavy atom. The molecule has 1 aliphatic rings. The number of hydrogen-bond acceptors (Lipinski definition) is 3. The lowest BCUT2D eigenvalue weighted by molar-refractivity contribution is -0.139. The molecular weight excluding hydrogens is 164 g/mol. The van der Waals surface area contributed by atoms with Crippen LogP contribution in [0.2, 0.25) is 0 Å². The largest absolute Gasteiger partial charge is 0.480 e. The second-order valence-electron chi connectivity index (χ2n) is 2.54. The van der Waals surface area contributed by atoms with E-state index >= 15 is 0 Å². The summed E-state index contributed by atoms with van der Waals surface area (Å²) in [6.07, 6.45) is 0.640. The minimum atomic E-state index is -0.734. The molecule has 0 amide bonds. The van der Waals surface area contributed by atoms with Gasteiger partial charge in [0, 0.05) is 6.61 Å². The zero-order chi connectivity index (χ0) is 8.32. The third-order valence-electron chi connectivity index (χ3n) is 1.80. The molecule has 1 aliphatic heterocycles. The smallest absolute Gasteiger partial charge is 0.322 e. The molecule has 1 unspecified atom stereocenters. The van der Waals surface area contributed by atoms with Gasteiger partial charge in [0.2, 0.25) is 0 Å². The molecule has 1 rings (SSSR count). The van der Waals surface area contributed by atoms with Gasteiger partial charge in [-0.15, -0.1) is 11.8 Å². The molecule has 1 N–H and O–H groups in total. The first kappa shape index (κ1) is 8.87. The van der Waals surface area contributed by atoms with Crippen molar-refractivity contribution in [2.24, 2.45) is 0 Å². The molecule has 0 aromatic heterocycles. The summed E-state index contributed by atoms with van der Waals surface area (Å²) in [7, 11) is 0. The van der Waals surface area contributed by atoms with Crippen molar-refractivity contribution < 1.29 is 14.6 Å². The zero-order valence-electron chi connectivity index (χ0n) is 6.50. The molecule has 0 radical (unpaired) electrons. The van der Waals surface area contributed by atoms with Gasteiger partial charge >= 0.3 is 5.97 Å². The van der Waals surface area contributed by atoms with Crippen molar-refractivity contribution in [1.29, 1.82) is 0 Å². The van der Waals surface area contributed by atoms with Crippen LogP contribution in [0.25, 0.3) is 0 Å². The predicted molar refractivity (Wildman–Crippen MR) is 43.9 cm³/mol. The maximum Gasteiger partial charge on any atom is 0.322 e. The van der Waals surface area contributed by atoms with Crippen molar-refractivity contribution in [1.82, 2.24) is 0 Å². The Kier molecular flexibility index (Phi) is 2.78. The molecule has 0 saturated carbocycles. The van der Waals surface area contributed by atoms with Crippen LogP contribution >= 0.6 is 11.8 Å². The van der Waals surface area contributed by atoms with Crippen molar-refractivity contribution in [3.8, 4) is 0 Å². The van der Waals surface area contributed by atoms with E-state index in [1.54, 1.807) is 0 Å². The summed E-state index contributed by atoms with van der Waals surface area (Å²) in [6.45, 7) is 2.91. The van der Waals surface area contributed by atoms with Gasteiger partial charge in [-0.25, -0.2) is 0 Å². The Labute approximate surface area is 70.1 Å². The quantitative estimate of drug-likeness (QED) is 0.696. The lowest BCUT2D eigenvalue weighted by atomic mass is 10.1. The van der Waals surface area contributed by atoms with Crippen LogP contribution in [0.1, 0.15) is 13.3 Å². The SMILES string of the molecule is CCSC1(C(=O)O)CCOC1. The highest BCUT2D eigenvalue weighted by Crippen LogP contribution is 2.33. The van der Waals surface area contributed by atoms with Gasteiger partial charge in [-0.3, -0.25) is 4.79 Å². The van der Waals surface area contributed by atoms with E-state index < -0.39 is 10.7 Å². The van der Waals surface area contributed by atoms with Crippen molar-refractivity contribution in [3.05, 3.63) is 0 Å². The molecule has 0 aromatic carbocycles. The molecule has 0 spiro atoms. The van der Waals surface area contributed by atoms with Crippen LogP contribution in [0.5, 0.6) is 0 Å². The number of aliphatic carboxylic acids is 1. The Morgan fingerprint density at radius 2 is 2.55 bits per heavy atom. The molecule has 1 atom stereocenters. The number of thioether (sulfide) groups is 1. The normalized spacial score (nSPS) is 30.6. The summed E-state index contributed by atoms with van der Waals surface area (Å²) in [4.78, 5) is 10.8. The molecule has 1 saturated heterocycles. The number of carbonyl (C=O) groups is 1. The van der Waals surface area contributed by atoms with E-state index in [1.807, 2.05) is 6.92 Å². The van der Waals surface area contributed by atoms with Gasteiger partial charge < -0.3 is 9.84 Å². The Hall–Kier alpha value is -0.220. The maximum absolute atomic E-state index is 10.8. The summed E-state index contributed by atoms with van der Waals surface area (Å²) < 4.78 is 4.43. The van der Waals surface area contributed by atoms with Gasteiger partial charge in [-0.05, 0) is 12.2 Å². The Bertz CT molecular complexity index is 152. The molecule has 0 aromatic rings. The molecule has 4 heteroatoms. The van der Waals surface area contributed by atoms with E-state index in [1.165, 1.54) is 11.8 Å². The monoisotopic (exact) mass is 176 g/mol. The van der Waals surface area contributed by atoms with Crippen LogP contribution in [0.4, 0.5) is 0 Å². The van der Waals surface area contributed by atoms with Gasteiger partial charge in [0.05, 0.1) is 6.61 Å². The molecular formula is C7H12O3S. The fourth-order valence-electron chi connectivity index (χ4n) is 1.17. The summed E-state index contributed by atoms with van der Waals surface area (Å²) >= 11 is 1.47. The molecule has 3 nitrogen and oxygen atoms in total. The summed E-state index contributed by atoms with van der Waals surface area (Å²) in [5.74, 6) is 0.0946. The van der Waals surface area contributed by atoms with Crippen molar-refractivity contribution in [2.75, 3.05) is 19.0 Å². The first-order valence-electron chi connectivity index (χ1n) is 3.66. The van der Waals surface area contributed by atoms with Crippen LogP contribution in [-0.2, 0) is 9.53 Å². The lowest BCUT2D eigenvalue weighted by Crippen LogP contribution is -2.35. The highest BCUT2D eigenvalue weighted by atomic mass is 32.2. The first-order valence-corrected chi connectivity index (χ1v) is 4.65. The molecule has 64 valence electrons. The van der Waals surface area contributed by atoms with Crippen LogP contribution in [-0.4, -0.2) is 34.8 Å². The fourth-order valence-corrected chi connectivity index (χ4v) is 2.24. The summed E-state index contributed by atoms with van der Waals surface area (Å²) in [5.41, 5.74) is 0. The minimum absolute atomic E-state index is 0.362. The van der Waals surface area contributed by atoms with E-state index in [0.717, 1.165) is 5.75 Å². The third kappa shape index (κ3) is 1.68. The van der Waals surface area contributed by atoms with Gasteiger partial charge in [0.1, 0.15) is 4.75 Å². The number of rotatable bonds is 3. The molecule has 1 fully saturated rings. The van der Waals surface area contributed by atoms with Crippen LogP contribution in [0.3, 0.4) is 0 Å². The first-order chi connectivity index (χ1) is 5.21. The topological polar surface area (TPSA) is 46.5 Å². The third-order valence-corrected chi connectivity index (χ3v) is 3.13. The van der Waals surface area contributed by atoms with E-state index in [9.17, 15) is 4.79 Å². The molecule has 0 bridgehead atoms. The highest BCUT2D eigenvalue weighted by Gasteiger charge is 2.42. The van der Waals surface area contributed by atoms with Crippen LogP contribution in [0.15, 0.2) is 0 Å². The van der Waals surface area contributed by atoms with Crippen LogP contribution in [0, 0.1) is 0 Å². The number of ether oxygens (including phenoxy) is 1. The van der Waals surface area contributed by atoms with E-state index in [-0.39, 0.29) is 0 Å². The molecule has 0 aliphatic carbocycles. The number of carboxylic acids is 1. The number of hydrogen-bond donors (Lipinski definition) is 1. The fraction of sp³-hybridized carbons (Fsp3) is 0.857. The average Bonchev–Trinajstić information content (AvgIpc) is 2.38. The average molecular weight is 176 g/mol. The second kappa shape index (κ2) is 3.45. The molecule has 1 heterocycles. The highest BCUT2D eigenvalue weighted by molar-refractivity contribution is 8.01. The van der Waals surface area contributed by atoms with E-state index in [2.05, 4.69) is 0 Å². The van der Waals surface area contributed by atoms with Crippen molar-refractivity contribution in [2.45, 2.75) is 18.1 Å². The minimum Gasteiger partial charge on any atom is -0.480 e. The number of carboxylic acid groups (broad SMARTS) is 1. The maximum atomic E-state index is 10.8. The second-order valence-corrected chi connectivity index (χ2v) is 4.18. The predicted octanol–water partition coefficient (Wildman–Crippen LogP) is 0.983. The van der Waals surface area contributed by atoms with Crippen LogP contribution < -0.4 is 0 Å². The van der Waals surface area contributed by atoms with Gasteiger partial charge in [0.25, 0.3) is 0 Å². The summed E-state index contributed by atoms with van der Waals surface area (Å²) in [5, 5.41) is 8.89.